The molecule has 7 heteroatoms. The highest BCUT2D eigenvalue weighted by Crippen LogP contribution is 2.13. The number of hydrogen-bond donors (Lipinski definition) is 3. The van der Waals surface area contributed by atoms with Crippen molar-refractivity contribution in [1.29, 1.82) is 0 Å². The molecule has 3 rings (SSSR count). The Kier molecular flexibility index (Phi) is 15.8. The number of aliphatic carboxylic acids is 2. The predicted octanol–water partition coefficient (Wildman–Crippen LogP) is 5.15. The third-order valence-electron chi connectivity index (χ3n) is 5.02. The minimum absolute atomic E-state index is 0.167. The van der Waals surface area contributed by atoms with E-state index in [0.717, 1.165) is 31.7 Å². The molecule has 1 atom stereocenters. The maximum atomic E-state index is 10.6. The SMILES string of the molecule is COc1ccc(CC/C=C/C(C)C(=O)O)cc1.O=CC(=O)O.c1ccc(CNCc2ccccc2)cc1. The monoisotopic (exact) mass is 505 g/mol. The second kappa shape index (κ2) is 19.0. The van der Waals surface area contributed by atoms with E-state index in [1.165, 1.54) is 16.7 Å². The van der Waals surface area contributed by atoms with Crippen molar-refractivity contribution in [3.63, 3.8) is 0 Å². The number of aldehydes is 1. The second-order valence-corrected chi connectivity index (χ2v) is 7.97. The van der Waals surface area contributed by atoms with Crippen LogP contribution in [0.5, 0.6) is 5.75 Å². The molecule has 0 bridgehead atoms. The molecule has 0 aliphatic carbocycles. The molecule has 0 fully saturated rings. The summed E-state index contributed by atoms with van der Waals surface area (Å²) < 4.78 is 5.07. The summed E-state index contributed by atoms with van der Waals surface area (Å²) in [6.45, 7) is 3.53. The Labute approximate surface area is 218 Å². The minimum atomic E-state index is -1.43. The molecule has 0 amide bonds. The first kappa shape index (κ1) is 30.8. The molecule has 0 aromatic heterocycles. The van der Waals surface area contributed by atoms with Gasteiger partial charge in [-0.15, -0.1) is 0 Å². The van der Waals surface area contributed by atoms with Gasteiger partial charge in [0.25, 0.3) is 0 Å². The van der Waals surface area contributed by atoms with E-state index in [2.05, 4.69) is 53.8 Å². The van der Waals surface area contributed by atoms with Crippen molar-refractivity contribution >= 4 is 18.2 Å². The number of carboxylic acid groups (broad SMARTS) is 2. The molecule has 37 heavy (non-hydrogen) atoms. The highest BCUT2D eigenvalue weighted by atomic mass is 16.5. The number of allylic oxidation sites excluding steroid dienone is 1. The first-order chi connectivity index (χ1) is 17.8. The van der Waals surface area contributed by atoms with Gasteiger partial charge in [-0.1, -0.05) is 84.9 Å². The zero-order chi connectivity index (χ0) is 27.3. The largest absolute Gasteiger partial charge is 0.497 e. The summed E-state index contributed by atoms with van der Waals surface area (Å²) >= 11 is 0. The molecule has 0 saturated carbocycles. The summed E-state index contributed by atoms with van der Waals surface area (Å²) in [6.07, 6.45) is 5.24. The Morgan fingerprint density at radius 1 is 0.838 bits per heavy atom. The average molecular weight is 506 g/mol. The van der Waals surface area contributed by atoms with Crippen molar-refractivity contribution < 1.29 is 29.3 Å². The van der Waals surface area contributed by atoms with Crippen LogP contribution in [-0.4, -0.2) is 35.5 Å². The van der Waals surface area contributed by atoms with Gasteiger partial charge >= 0.3 is 11.9 Å². The van der Waals surface area contributed by atoms with E-state index in [0.29, 0.717) is 0 Å². The van der Waals surface area contributed by atoms with E-state index in [9.17, 15) is 4.79 Å². The van der Waals surface area contributed by atoms with E-state index >= 15 is 0 Å². The van der Waals surface area contributed by atoms with Gasteiger partial charge in [-0.25, -0.2) is 4.79 Å². The third-order valence-corrected chi connectivity index (χ3v) is 5.02. The van der Waals surface area contributed by atoms with Crippen LogP contribution in [0.3, 0.4) is 0 Å². The van der Waals surface area contributed by atoms with Crippen LogP contribution in [0.4, 0.5) is 0 Å². The van der Waals surface area contributed by atoms with Crippen LogP contribution in [0.15, 0.2) is 97.1 Å². The van der Waals surface area contributed by atoms with Crippen LogP contribution in [0.2, 0.25) is 0 Å². The van der Waals surface area contributed by atoms with E-state index < -0.39 is 17.9 Å². The number of carbonyl (C=O) groups is 3. The first-order valence-corrected chi connectivity index (χ1v) is 11.8. The number of nitrogens with one attached hydrogen (secondary N) is 1. The second-order valence-electron chi connectivity index (χ2n) is 7.97. The van der Waals surface area contributed by atoms with Gasteiger partial charge in [0.2, 0.25) is 6.29 Å². The molecule has 196 valence electrons. The average Bonchev–Trinajstić information content (AvgIpc) is 2.93. The fourth-order valence-electron chi connectivity index (χ4n) is 2.97. The summed E-state index contributed by atoms with van der Waals surface area (Å²) in [4.78, 5) is 28.5. The van der Waals surface area contributed by atoms with Crippen molar-refractivity contribution in [2.75, 3.05) is 7.11 Å². The molecule has 0 radical (unpaired) electrons. The highest BCUT2D eigenvalue weighted by molar-refractivity contribution is 6.19. The van der Waals surface area contributed by atoms with Crippen LogP contribution in [0.25, 0.3) is 0 Å². The van der Waals surface area contributed by atoms with Gasteiger partial charge in [-0.3, -0.25) is 9.59 Å². The van der Waals surface area contributed by atoms with Gasteiger partial charge in [0.1, 0.15) is 5.75 Å². The Bertz CT molecular complexity index is 1030. The molecular weight excluding hydrogens is 470 g/mol. The van der Waals surface area contributed by atoms with E-state index in [1.54, 1.807) is 20.1 Å². The maximum Gasteiger partial charge on any atom is 0.368 e. The lowest BCUT2D eigenvalue weighted by Crippen LogP contribution is -2.12. The molecule has 7 nitrogen and oxygen atoms in total. The normalized spacial score (nSPS) is 10.8. The van der Waals surface area contributed by atoms with Crippen molar-refractivity contribution in [2.45, 2.75) is 32.9 Å². The number of benzene rings is 3. The number of rotatable bonds is 11. The Morgan fingerprint density at radius 3 is 1.73 bits per heavy atom. The van der Waals surface area contributed by atoms with Crippen molar-refractivity contribution in [3.8, 4) is 5.75 Å². The fourth-order valence-corrected chi connectivity index (χ4v) is 2.97. The number of hydrogen-bond acceptors (Lipinski definition) is 5. The van der Waals surface area contributed by atoms with Gasteiger partial charge in [-0.2, -0.15) is 0 Å². The molecule has 0 heterocycles. The van der Waals surface area contributed by atoms with Gasteiger partial charge in [0, 0.05) is 13.1 Å². The van der Waals surface area contributed by atoms with Crippen LogP contribution in [0.1, 0.15) is 30.0 Å². The van der Waals surface area contributed by atoms with Crippen molar-refractivity contribution in [1.82, 2.24) is 5.32 Å². The number of ether oxygens (including phenoxy) is 1. The maximum absolute atomic E-state index is 10.6. The van der Waals surface area contributed by atoms with E-state index in [1.807, 2.05) is 42.5 Å². The van der Waals surface area contributed by atoms with E-state index in [-0.39, 0.29) is 6.29 Å². The molecule has 1 unspecified atom stereocenters. The third kappa shape index (κ3) is 15.4. The zero-order valence-corrected chi connectivity index (χ0v) is 21.2. The molecule has 0 saturated heterocycles. The molecule has 3 N–H and O–H groups in total. The quantitative estimate of drug-likeness (QED) is 0.188. The number of carbonyl (C=O) groups excluding carboxylic acids is 1. The summed E-state index contributed by atoms with van der Waals surface area (Å²) in [6, 6.07) is 28.8. The fraction of sp³-hybridized carbons (Fsp3) is 0.233. The molecule has 0 aliphatic rings. The Hall–Kier alpha value is -4.23. The van der Waals surface area contributed by atoms with Crippen LogP contribution < -0.4 is 10.1 Å². The van der Waals surface area contributed by atoms with E-state index in [4.69, 9.17) is 24.5 Å². The molecule has 0 aliphatic heterocycles. The predicted molar refractivity (Wildman–Crippen MR) is 144 cm³/mol. The molecule has 3 aromatic carbocycles. The molecular formula is C30H35NO6. The first-order valence-electron chi connectivity index (χ1n) is 11.8. The summed E-state index contributed by atoms with van der Waals surface area (Å²) in [5, 5.41) is 19.5. The lowest BCUT2D eigenvalue weighted by atomic mass is 10.1. The molecule has 3 aromatic rings. The minimum Gasteiger partial charge on any atom is -0.497 e. The highest BCUT2D eigenvalue weighted by Gasteiger charge is 2.04. The number of methoxy groups -OCH3 is 1. The van der Waals surface area contributed by atoms with Crippen LogP contribution >= 0.6 is 0 Å². The summed E-state index contributed by atoms with van der Waals surface area (Å²) in [5.41, 5.74) is 3.88. The lowest BCUT2D eigenvalue weighted by Gasteiger charge is -2.04. The smallest absolute Gasteiger partial charge is 0.368 e. The van der Waals surface area contributed by atoms with Crippen LogP contribution in [-0.2, 0) is 33.9 Å². The Morgan fingerprint density at radius 2 is 1.32 bits per heavy atom. The van der Waals surface area contributed by atoms with Gasteiger partial charge in [0.05, 0.1) is 13.0 Å². The molecule has 0 spiro atoms. The summed E-state index contributed by atoms with van der Waals surface area (Å²) in [7, 11) is 1.64. The van der Waals surface area contributed by atoms with Gasteiger partial charge < -0.3 is 20.3 Å². The van der Waals surface area contributed by atoms with Crippen molar-refractivity contribution in [2.24, 2.45) is 5.92 Å². The topological polar surface area (TPSA) is 113 Å². The number of aryl methyl sites for hydroxylation is 1. The Balaban J connectivity index is 0.000000315. The standard InChI is InChI=1S/C14H15N.C14H18O3.C2H2O3/c1-3-7-13(8-4-1)11-15-12-14-9-5-2-6-10-14;1-11(14(15)16)5-3-4-6-12-7-9-13(17-2)10-8-12;3-1-2(4)5/h1-10,15H,11-12H2;3,5,7-11H,4,6H2,1-2H3,(H,15,16);1H,(H,4,5)/b;5-3+;. The van der Waals surface area contributed by atoms with Crippen LogP contribution in [0, 0.1) is 5.92 Å². The van der Waals surface area contributed by atoms with Gasteiger partial charge in [0.15, 0.2) is 0 Å². The lowest BCUT2D eigenvalue weighted by molar-refractivity contribution is -0.143. The van der Waals surface area contributed by atoms with Gasteiger partial charge in [-0.05, 0) is 48.6 Å². The zero-order valence-electron chi connectivity index (χ0n) is 21.2. The summed E-state index contributed by atoms with van der Waals surface area (Å²) in [5.74, 6) is -1.77. The van der Waals surface area contributed by atoms with Crippen molar-refractivity contribution in [3.05, 3.63) is 114 Å². The number of carboxylic acids is 2.